The average Bonchev–Trinajstić information content (AvgIpc) is 3.18. The van der Waals surface area contributed by atoms with Crippen LogP contribution in [0.5, 0.6) is 0 Å². The molecule has 0 fully saturated rings. The second kappa shape index (κ2) is 12.1. The summed E-state index contributed by atoms with van der Waals surface area (Å²) < 4.78 is 0. The molecule has 14 heteroatoms. The highest BCUT2D eigenvalue weighted by Crippen LogP contribution is 2.18. The first-order valence-electron chi connectivity index (χ1n) is 10.4. The number of amides is 5. The van der Waals surface area contributed by atoms with E-state index in [1.165, 1.54) is 0 Å². The molecule has 3 unspecified atom stereocenters. The lowest BCUT2D eigenvalue weighted by Gasteiger charge is -2.20. The van der Waals surface area contributed by atoms with Gasteiger partial charge in [0.2, 0.25) is 29.5 Å². The number of para-hydroxylation sites is 1. The molecular weight excluding hydrogens is 462 g/mol. The molecule has 0 aliphatic heterocycles. The maximum Gasteiger partial charge on any atom is 0.326 e. The van der Waals surface area contributed by atoms with Crippen LogP contribution in [0.2, 0.25) is 0 Å². The number of fused-ring (bicyclic) bond motifs is 1. The molecular formula is C21H27N7O7. The number of H-pyrrole nitrogens is 1. The second-order valence-corrected chi connectivity index (χ2v) is 7.75. The molecule has 1 heterocycles. The number of carbonyl (C=O) groups is 6. The largest absolute Gasteiger partial charge is 0.480 e. The molecule has 0 saturated carbocycles. The maximum absolute atomic E-state index is 12.4. The van der Waals surface area contributed by atoms with Gasteiger partial charge in [0.05, 0.1) is 25.4 Å². The van der Waals surface area contributed by atoms with Gasteiger partial charge < -0.3 is 43.2 Å². The average molecular weight is 489 g/mol. The molecule has 0 spiro atoms. The van der Waals surface area contributed by atoms with Crippen LogP contribution in [0, 0.1) is 0 Å². The Morgan fingerprint density at radius 3 is 2.17 bits per heavy atom. The molecule has 0 bridgehead atoms. The monoisotopic (exact) mass is 489 g/mol. The lowest BCUT2D eigenvalue weighted by Crippen LogP contribution is -2.55. The minimum absolute atomic E-state index is 0.195. The number of benzene rings is 1. The lowest BCUT2D eigenvalue weighted by molar-refractivity contribution is -0.143. The van der Waals surface area contributed by atoms with Crippen molar-refractivity contribution in [2.75, 3.05) is 6.54 Å². The van der Waals surface area contributed by atoms with Crippen molar-refractivity contribution < 1.29 is 33.9 Å². The van der Waals surface area contributed by atoms with Crippen molar-refractivity contribution in [1.29, 1.82) is 0 Å². The first-order chi connectivity index (χ1) is 16.5. The Bertz CT molecular complexity index is 1130. The van der Waals surface area contributed by atoms with Crippen molar-refractivity contribution in [2.45, 2.75) is 37.4 Å². The van der Waals surface area contributed by atoms with Gasteiger partial charge in [-0.1, -0.05) is 18.2 Å². The van der Waals surface area contributed by atoms with E-state index in [1.54, 1.807) is 6.20 Å². The van der Waals surface area contributed by atoms with Gasteiger partial charge >= 0.3 is 5.97 Å². The van der Waals surface area contributed by atoms with Gasteiger partial charge in [0.15, 0.2) is 0 Å². The first kappa shape index (κ1) is 26.8. The molecule has 14 nitrogen and oxygen atoms in total. The Hall–Kier alpha value is -4.46. The number of aromatic amines is 1. The highest BCUT2D eigenvalue weighted by atomic mass is 16.4. The molecule has 0 aliphatic rings. The minimum atomic E-state index is -1.67. The van der Waals surface area contributed by atoms with Crippen molar-refractivity contribution >= 4 is 46.4 Å². The summed E-state index contributed by atoms with van der Waals surface area (Å²) in [5, 5.41) is 16.5. The molecule has 11 N–H and O–H groups in total. The molecule has 0 radical (unpaired) electrons. The van der Waals surface area contributed by atoms with Crippen molar-refractivity contribution in [3.05, 3.63) is 36.0 Å². The van der Waals surface area contributed by atoms with E-state index in [2.05, 4.69) is 15.6 Å². The third-order valence-electron chi connectivity index (χ3n) is 4.95. The summed E-state index contributed by atoms with van der Waals surface area (Å²) in [5.41, 5.74) is 17.7. The predicted molar refractivity (Wildman–Crippen MR) is 122 cm³/mol. The summed E-state index contributed by atoms with van der Waals surface area (Å²) in [7, 11) is 0. The third kappa shape index (κ3) is 8.12. The van der Waals surface area contributed by atoms with Crippen LogP contribution in [0.3, 0.4) is 0 Å². The quantitative estimate of drug-likeness (QED) is 0.143. The zero-order chi connectivity index (χ0) is 26.1. The van der Waals surface area contributed by atoms with Crippen molar-refractivity contribution in [3.63, 3.8) is 0 Å². The van der Waals surface area contributed by atoms with Gasteiger partial charge in [0.1, 0.15) is 12.1 Å². The fourth-order valence-corrected chi connectivity index (χ4v) is 3.26. The minimum Gasteiger partial charge on any atom is -0.480 e. The fraction of sp³-hybridized carbons (Fsp3) is 0.333. The van der Waals surface area contributed by atoms with E-state index in [1.807, 2.05) is 29.6 Å². The molecule has 3 atom stereocenters. The van der Waals surface area contributed by atoms with Gasteiger partial charge in [0.25, 0.3) is 0 Å². The van der Waals surface area contributed by atoms with Gasteiger partial charge in [-0.3, -0.25) is 24.0 Å². The van der Waals surface area contributed by atoms with Crippen LogP contribution in [-0.2, 0) is 35.2 Å². The predicted octanol–water partition coefficient (Wildman–Crippen LogP) is -3.04. The van der Waals surface area contributed by atoms with Crippen LogP contribution in [-0.4, -0.2) is 70.3 Å². The van der Waals surface area contributed by atoms with E-state index in [9.17, 15) is 28.8 Å². The summed E-state index contributed by atoms with van der Waals surface area (Å²) in [4.78, 5) is 73.6. The van der Waals surface area contributed by atoms with Crippen LogP contribution in [0.15, 0.2) is 30.5 Å². The lowest BCUT2D eigenvalue weighted by atomic mass is 10.1. The van der Waals surface area contributed by atoms with E-state index < -0.39 is 73.0 Å². The maximum atomic E-state index is 12.4. The number of nitrogens with two attached hydrogens (primary N) is 3. The Morgan fingerprint density at radius 1 is 0.914 bits per heavy atom. The SMILES string of the molecule is NC(=O)CC(NC(=O)C(CC(N)=O)NC(=O)CNC(=O)C(N)Cc1c[nH]c2ccccc12)C(=O)O. The van der Waals surface area contributed by atoms with E-state index in [-0.39, 0.29) is 6.42 Å². The topological polar surface area (TPSA) is 253 Å². The summed E-state index contributed by atoms with van der Waals surface area (Å²) in [5.74, 6) is -6.06. The normalized spacial score (nSPS) is 13.3. The number of nitrogens with one attached hydrogen (secondary N) is 4. The van der Waals surface area contributed by atoms with E-state index in [0.29, 0.717) is 0 Å². The standard InChI is InChI=1S/C21H27N7O7/c22-12(5-10-8-25-13-4-2-1-3-11(10)13)19(32)26-9-18(31)27-14(6-16(23)29)20(33)28-15(21(34)35)7-17(24)30/h1-4,8,12,14-15,25H,5-7,9,22H2,(H2,23,29)(H2,24,30)(H,26,32)(H,27,31)(H,28,33)(H,34,35). The molecule has 2 rings (SSSR count). The fourth-order valence-electron chi connectivity index (χ4n) is 3.26. The van der Waals surface area contributed by atoms with Gasteiger partial charge in [-0.2, -0.15) is 0 Å². The molecule has 1 aromatic carbocycles. The van der Waals surface area contributed by atoms with Crippen LogP contribution in [0.1, 0.15) is 18.4 Å². The van der Waals surface area contributed by atoms with Crippen molar-refractivity contribution in [3.8, 4) is 0 Å². The number of carboxylic acid groups (broad SMARTS) is 1. The first-order valence-corrected chi connectivity index (χ1v) is 10.4. The summed E-state index contributed by atoms with van der Waals surface area (Å²) >= 11 is 0. The number of hydrogen-bond donors (Lipinski definition) is 8. The van der Waals surface area contributed by atoms with Gasteiger partial charge in [-0.05, 0) is 18.1 Å². The molecule has 188 valence electrons. The Morgan fingerprint density at radius 2 is 1.54 bits per heavy atom. The van der Waals surface area contributed by atoms with Crippen LogP contribution in [0.4, 0.5) is 0 Å². The number of aliphatic carboxylic acids is 1. The van der Waals surface area contributed by atoms with Gasteiger partial charge in [0, 0.05) is 17.1 Å². The third-order valence-corrected chi connectivity index (χ3v) is 4.95. The molecule has 5 amide bonds. The number of carboxylic acids is 1. The molecule has 0 aliphatic carbocycles. The van der Waals surface area contributed by atoms with Crippen LogP contribution >= 0.6 is 0 Å². The second-order valence-electron chi connectivity index (χ2n) is 7.75. The van der Waals surface area contributed by atoms with Crippen LogP contribution in [0.25, 0.3) is 10.9 Å². The van der Waals surface area contributed by atoms with Gasteiger partial charge in [-0.15, -0.1) is 0 Å². The zero-order valence-corrected chi connectivity index (χ0v) is 18.6. The van der Waals surface area contributed by atoms with Crippen LogP contribution < -0.4 is 33.2 Å². The highest BCUT2D eigenvalue weighted by Gasteiger charge is 2.29. The van der Waals surface area contributed by atoms with Crippen molar-refractivity contribution in [2.24, 2.45) is 17.2 Å². The number of carbonyl (C=O) groups excluding carboxylic acids is 5. The van der Waals surface area contributed by atoms with Crippen molar-refractivity contribution in [1.82, 2.24) is 20.9 Å². The highest BCUT2D eigenvalue weighted by molar-refractivity contribution is 5.96. The Kier molecular flexibility index (Phi) is 9.28. The number of rotatable bonds is 13. The summed E-state index contributed by atoms with van der Waals surface area (Å²) in [6.07, 6.45) is 0.567. The van der Waals surface area contributed by atoms with Gasteiger partial charge in [-0.25, -0.2) is 4.79 Å². The summed E-state index contributed by atoms with van der Waals surface area (Å²) in [6.45, 7) is -0.577. The molecule has 35 heavy (non-hydrogen) atoms. The molecule has 0 saturated heterocycles. The zero-order valence-electron chi connectivity index (χ0n) is 18.6. The number of primary amides is 2. The molecule has 1 aromatic heterocycles. The smallest absolute Gasteiger partial charge is 0.326 e. The molecule has 2 aromatic rings. The Balaban J connectivity index is 1.93. The summed E-state index contributed by atoms with van der Waals surface area (Å²) in [6, 6.07) is 3.26. The number of hydrogen-bond acceptors (Lipinski definition) is 7. The van der Waals surface area contributed by atoms with E-state index >= 15 is 0 Å². The van der Waals surface area contributed by atoms with E-state index in [4.69, 9.17) is 22.3 Å². The van der Waals surface area contributed by atoms with E-state index in [0.717, 1.165) is 16.5 Å². The number of aromatic nitrogens is 1. The Labute approximate surface area is 198 Å².